The van der Waals surface area contributed by atoms with Gasteiger partial charge in [0.2, 0.25) is 0 Å². The Bertz CT molecular complexity index is 334. The first-order valence-electron chi connectivity index (χ1n) is 6.13. The lowest BCUT2D eigenvalue weighted by atomic mass is 10.2. The van der Waals surface area contributed by atoms with E-state index >= 15 is 0 Å². The van der Waals surface area contributed by atoms with Gasteiger partial charge in [0.1, 0.15) is 5.82 Å². The molecular weight excluding hydrogens is 200 g/mol. The zero-order chi connectivity index (χ0) is 11.5. The zero-order valence-corrected chi connectivity index (χ0v) is 10.6. The molecule has 0 bridgehead atoms. The van der Waals surface area contributed by atoms with Gasteiger partial charge in [-0.05, 0) is 20.9 Å². The van der Waals surface area contributed by atoms with E-state index in [0.717, 1.165) is 32.7 Å². The molecule has 1 aromatic heterocycles. The summed E-state index contributed by atoms with van der Waals surface area (Å²) in [5.41, 5.74) is 0. The van der Waals surface area contributed by atoms with E-state index in [1.54, 1.807) is 0 Å². The number of hydrogen-bond donors (Lipinski definition) is 0. The highest BCUT2D eigenvalue weighted by Crippen LogP contribution is 2.11. The summed E-state index contributed by atoms with van der Waals surface area (Å²) in [5, 5.41) is 0. The van der Waals surface area contributed by atoms with Crippen LogP contribution in [0.1, 0.15) is 19.7 Å². The largest absolute Gasteiger partial charge is 0.334 e. The van der Waals surface area contributed by atoms with Gasteiger partial charge in [0.15, 0.2) is 0 Å². The van der Waals surface area contributed by atoms with Crippen LogP contribution < -0.4 is 0 Å². The SMILES string of the molecule is CCn1ccnc1CN1CCN(C)C[C@@H]1C. The predicted octanol–water partition coefficient (Wildman–Crippen LogP) is 1.04. The van der Waals surface area contributed by atoms with Gasteiger partial charge in [-0.1, -0.05) is 0 Å². The third kappa shape index (κ3) is 2.44. The van der Waals surface area contributed by atoms with Crippen molar-refractivity contribution in [2.75, 3.05) is 26.7 Å². The van der Waals surface area contributed by atoms with E-state index in [1.165, 1.54) is 5.82 Å². The molecule has 0 spiro atoms. The van der Waals surface area contributed by atoms with E-state index in [-0.39, 0.29) is 0 Å². The Kier molecular flexibility index (Phi) is 3.61. The quantitative estimate of drug-likeness (QED) is 0.763. The van der Waals surface area contributed by atoms with E-state index in [1.807, 2.05) is 6.20 Å². The third-order valence-electron chi connectivity index (χ3n) is 3.46. The molecule has 0 radical (unpaired) electrons. The van der Waals surface area contributed by atoms with Crippen molar-refractivity contribution in [1.29, 1.82) is 0 Å². The molecule has 0 N–H and O–H groups in total. The Hall–Kier alpha value is -0.870. The third-order valence-corrected chi connectivity index (χ3v) is 3.46. The molecule has 1 aromatic rings. The number of aromatic nitrogens is 2. The number of imidazole rings is 1. The Labute approximate surface area is 97.9 Å². The van der Waals surface area contributed by atoms with Crippen molar-refractivity contribution in [2.24, 2.45) is 0 Å². The number of aryl methyl sites for hydroxylation is 1. The summed E-state index contributed by atoms with van der Waals surface area (Å²) in [4.78, 5) is 9.36. The van der Waals surface area contributed by atoms with Crippen LogP contribution in [0, 0.1) is 0 Å². The summed E-state index contributed by atoms with van der Waals surface area (Å²) in [6.45, 7) is 9.93. The minimum absolute atomic E-state index is 0.626. The van der Waals surface area contributed by atoms with Gasteiger partial charge in [-0.25, -0.2) is 4.98 Å². The molecule has 0 saturated carbocycles. The minimum Gasteiger partial charge on any atom is -0.334 e. The molecule has 1 aliphatic rings. The van der Waals surface area contributed by atoms with Crippen molar-refractivity contribution in [3.05, 3.63) is 18.2 Å². The predicted molar refractivity (Wildman–Crippen MR) is 65.3 cm³/mol. The van der Waals surface area contributed by atoms with Crippen LogP contribution in [0.15, 0.2) is 12.4 Å². The molecule has 1 fully saturated rings. The van der Waals surface area contributed by atoms with Crippen LogP contribution in [0.5, 0.6) is 0 Å². The fourth-order valence-electron chi connectivity index (χ4n) is 2.37. The fourth-order valence-corrected chi connectivity index (χ4v) is 2.37. The molecule has 0 amide bonds. The van der Waals surface area contributed by atoms with Crippen LogP contribution in [-0.2, 0) is 13.1 Å². The van der Waals surface area contributed by atoms with Crippen LogP contribution in [0.2, 0.25) is 0 Å². The standard InChI is InChI=1S/C12H22N4/c1-4-15-6-5-13-12(15)10-16-8-7-14(3)9-11(16)2/h5-6,11H,4,7-10H2,1-3H3/t11-/m0/s1. The minimum atomic E-state index is 0.626. The lowest BCUT2D eigenvalue weighted by molar-refractivity contribution is 0.0905. The second-order valence-corrected chi connectivity index (χ2v) is 4.71. The number of piperazine rings is 1. The van der Waals surface area contributed by atoms with Crippen LogP contribution in [0.3, 0.4) is 0 Å². The Morgan fingerprint density at radius 1 is 1.44 bits per heavy atom. The molecule has 16 heavy (non-hydrogen) atoms. The van der Waals surface area contributed by atoms with Crippen molar-refractivity contribution in [1.82, 2.24) is 19.4 Å². The maximum Gasteiger partial charge on any atom is 0.122 e. The lowest BCUT2D eigenvalue weighted by Crippen LogP contribution is -2.50. The van der Waals surface area contributed by atoms with E-state index in [2.05, 4.69) is 46.4 Å². The highest BCUT2D eigenvalue weighted by molar-refractivity contribution is 4.93. The summed E-state index contributed by atoms with van der Waals surface area (Å²) < 4.78 is 2.23. The highest BCUT2D eigenvalue weighted by Gasteiger charge is 2.22. The average molecular weight is 222 g/mol. The second-order valence-electron chi connectivity index (χ2n) is 4.71. The van der Waals surface area contributed by atoms with Gasteiger partial charge in [-0.15, -0.1) is 0 Å². The van der Waals surface area contributed by atoms with Gasteiger partial charge in [0.25, 0.3) is 0 Å². The first-order chi connectivity index (χ1) is 7.70. The van der Waals surface area contributed by atoms with Gasteiger partial charge < -0.3 is 9.47 Å². The molecule has 0 aromatic carbocycles. The normalized spacial score (nSPS) is 23.8. The Morgan fingerprint density at radius 2 is 2.25 bits per heavy atom. The molecular formula is C12H22N4. The highest BCUT2D eigenvalue weighted by atomic mass is 15.3. The van der Waals surface area contributed by atoms with E-state index in [0.29, 0.717) is 6.04 Å². The molecule has 1 atom stereocenters. The number of likely N-dealkylation sites (N-methyl/N-ethyl adjacent to an activating group) is 1. The molecule has 1 aliphatic heterocycles. The van der Waals surface area contributed by atoms with Crippen LogP contribution >= 0.6 is 0 Å². The molecule has 1 saturated heterocycles. The van der Waals surface area contributed by atoms with Gasteiger partial charge in [0, 0.05) is 44.6 Å². The Balaban J connectivity index is 1.99. The summed E-state index contributed by atoms with van der Waals surface area (Å²) >= 11 is 0. The van der Waals surface area contributed by atoms with E-state index in [9.17, 15) is 0 Å². The molecule has 4 heteroatoms. The van der Waals surface area contributed by atoms with Crippen LogP contribution in [-0.4, -0.2) is 52.1 Å². The average Bonchev–Trinajstić information content (AvgIpc) is 2.69. The molecule has 0 unspecified atom stereocenters. The van der Waals surface area contributed by atoms with Crippen molar-refractivity contribution in [2.45, 2.75) is 33.0 Å². The topological polar surface area (TPSA) is 24.3 Å². The van der Waals surface area contributed by atoms with Gasteiger partial charge >= 0.3 is 0 Å². The second kappa shape index (κ2) is 4.97. The monoisotopic (exact) mass is 222 g/mol. The van der Waals surface area contributed by atoms with Gasteiger partial charge in [0.05, 0.1) is 6.54 Å². The maximum atomic E-state index is 4.44. The first-order valence-corrected chi connectivity index (χ1v) is 6.13. The first kappa shape index (κ1) is 11.6. The molecule has 2 rings (SSSR count). The van der Waals surface area contributed by atoms with Gasteiger partial charge in [-0.3, -0.25) is 4.90 Å². The molecule has 4 nitrogen and oxygen atoms in total. The molecule has 0 aliphatic carbocycles. The summed E-state index contributed by atoms with van der Waals surface area (Å²) in [5.74, 6) is 1.19. The zero-order valence-electron chi connectivity index (χ0n) is 10.6. The number of rotatable bonds is 3. The van der Waals surface area contributed by atoms with Crippen molar-refractivity contribution >= 4 is 0 Å². The Morgan fingerprint density at radius 3 is 2.94 bits per heavy atom. The summed E-state index contributed by atoms with van der Waals surface area (Å²) in [6.07, 6.45) is 3.97. The molecule has 90 valence electrons. The van der Waals surface area contributed by atoms with E-state index in [4.69, 9.17) is 0 Å². The van der Waals surface area contributed by atoms with Gasteiger partial charge in [-0.2, -0.15) is 0 Å². The molecule has 2 heterocycles. The summed E-state index contributed by atoms with van der Waals surface area (Å²) in [7, 11) is 2.20. The van der Waals surface area contributed by atoms with Crippen LogP contribution in [0.4, 0.5) is 0 Å². The van der Waals surface area contributed by atoms with Crippen LogP contribution in [0.25, 0.3) is 0 Å². The number of hydrogen-bond acceptors (Lipinski definition) is 3. The smallest absolute Gasteiger partial charge is 0.122 e. The van der Waals surface area contributed by atoms with Crippen molar-refractivity contribution < 1.29 is 0 Å². The van der Waals surface area contributed by atoms with Crippen molar-refractivity contribution in [3.8, 4) is 0 Å². The van der Waals surface area contributed by atoms with E-state index < -0.39 is 0 Å². The lowest BCUT2D eigenvalue weighted by Gasteiger charge is -2.37. The fraction of sp³-hybridized carbons (Fsp3) is 0.750. The van der Waals surface area contributed by atoms with Crippen molar-refractivity contribution in [3.63, 3.8) is 0 Å². The summed E-state index contributed by atoms with van der Waals surface area (Å²) in [6, 6.07) is 0.626. The maximum absolute atomic E-state index is 4.44. The number of nitrogens with zero attached hydrogens (tertiary/aromatic N) is 4.